The maximum atomic E-state index is 6.11. The van der Waals surface area contributed by atoms with Crippen LogP contribution in [-0.2, 0) is 19.3 Å². The van der Waals surface area contributed by atoms with Crippen molar-refractivity contribution in [3.63, 3.8) is 0 Å². The van der Waals surface area contributed by atoms with Crippen LogP contribution in [0, 0.1) is 0 Å². The van der Waals surface area contributed by atoms with E-state index < -0.39 is 0 Å². The van der Waals surface area contributed by atoms with Crippen LogP contribution in [0.15, 0.2) is 40.9 Å². The summed E-state index contributed by atoms with van der Waals surface area (Å²) in [5.41, 5.74) is 8.31. The second-order valence-electron chi connectivity index (χ2n) is 5.55. The summed E-state index contributed by atoms with van der Waals surface area (Å²) >= 11 is 9.69. The average molecular weight is 366 g/mol. The van der Waals surface area contributed by atoms with Gasteiger partial charge in [-0.3, -0.25) is 11.3 Å². The van der Waals surface area contributed by atoms with E-state index in [0.29, 0.717) is 0 Å². The number of hydrogen-bond acceptors (Lipinski definition) is 2. The van der Waals surface area contributed by atoms with Gasteiger partial charge in [0.05, 0.1) is 6.04 Å². The van der Waals surface area contributed by atoms with Crippen LogP contribution < -0.4 is 11.3 Å². The van der Waals surface area contributed by atoms with Gasteiger partial charge in [0.2, 0.25) is 0 Å². The number of nitrogens with one attached hydrogen (secondary N) is 1. The highest BCUT2D eigenvalue weighted by atomic mass is 79.9. The molecule has 21 heavy (non-hydrogen) atoms. The summed E-state index contributed by atoms with van der Waals surface area (Å²) in [6.45, 7) is 0. The monoisotopic (exact) mass is 364 g/mol. The minimum absolute atomic E-state index is 0.0394. The summed E-state index contributed by atoms with van der Waals surface area (Å²) in [5.74, 6) is 5.77. The lowest BCUT2D eigenvalue weighted by molar-refractivity contribution is 0.550. The zero-order valence-electron chi connectivity index (χ0n) is 11.7. The van der Waals surface area contributed by atoms with Crippen LogP contribution >= 0.6 is 27.5 Å². The summed E-state index contributed by atoms with van der Waals surface area (Å²) in [7, 11) is 0. The fourth-order valence-corrected chi connectivity index (χ4v) is 3.73. The highest BCUT2D eigenvalue weighted by Gasteiger charge is 2.16. The number of fused-ring (bicyclic) bond motifs is 1. The number of hydrogen-bond donors (Lipinski definition) is 2. The van der Waals surface area contributed by atoms with E-state index >= 15 is 0 Å². The van der Waals surface area contributed by atoms with Crippen molar-refractivity contribution in [1.29, 1.82) is 0 Å². The van der Waals surface area contributed by atoms with Gasteiger partial charge in [-0.1, -0.05) is 45.7 Å². The fraction of sp³-hybridized carbons (Fsp3) is 0.294. The van der Waals surface area contributed by atoms with Gasteiger partial charge in [-0.2, -0.15) is 0 Å². The summed E-state index contributed by atoms with van der Waals surface area (Å²) in [4.78, 5) is 0. The van der Waals surface area contributed by atoms with Crippen LogP contribution in [0.25, 0.3) is 0 Å². The Balaban J connectivity index is 1.86. The molecule has 2 aromatic carbocycles. The highest BCUT2D eigenvalue weighted by Crippen LogP contribution is 2.30. The predicted octanol–water partition coefficient (Wildman–Crippen LogP) is 4.34. The van der Waals surface area contributed by atoms with Gasteiger partial charge < -0.3 is 0 Å². The van der Waals surface area contributed by atoms with E-state index in [1.165, 1.54) is 36.0 Å². The van der Waals surface area contributed by atoms with Crippen molar-refractivity contribution in [3.05, 3.63) is 68.1 Å². The molecule has 0 aliphatic heterocycles. The molecule has 0 radical (unpaired) electrons. The van der Waals surface area contributed by atoms with Gasteiger partial charge in [0.15, 0.2) is 0 Å². The third-order valence-corrected chi connectivity index (χ3v) is 5.09. The van der Waals surface area contributed by atoms with E-state index in [4.69, 9.17) is 17.4 Å². The third kappa shape index (κ3) is 3.32. The van der Waals surface area contributed by atoms with E-state index in [-0.39, 0.29) is 6.04 Å². The molecule has 0 saturated carbocycles. The molecule has 1 aliphatic carbocycles. The molecule has 2 nitrogen and oxygen atoms in total. The van der Waals surface area contributed by atoms with Gasteiger partial charge in [0, 0.05) is 9.50 Å². The zero-order valence-corrected chi connectivity index (χ0v) is 14.0. The van der Waals surface area contributed by atoms with Crippen molar-refractivity contribution in [2.24, 2.45) is 5.84 Å². The number of nitrogens with two attached hydrogens (primary N) is 1. The first-order valence-corrected chi connectivity index (χ1v) is 8.36. The smallest absolute Gasteiger partial charge is 0.0511 e. The van der Waals surface area contributed by atoms with Crippen molar-refractivity contribution in [2.75, 3.05) is 0 Å². The number of aryl methyl sites for hydroxylation is 2. The molecule has 0 heterocycles. The summed E-state index contributed by atoms with van der Waals surface area (Å²) < 4.78 is 1.02. The van der Waals surface area contributed by atoms with Crippen LogP contribution in [-0.4, -0.2) is 0 Å². The number of benzene rings is 2. The molecule has 1 unspecified atom stereocenters. The molecule has 0 amide bonds. The number of halogens is 2. The lowest BCUT2D eigenvalue weighted by atomic mass is 9.97. The van der Waals surface area contributed by atoms with Crippen LogP contribution in [0.4, 0.5) is 0 Å². The molecular formula is C17H18BrClN2. The van der Waals surface area contributed by atoms with E-state index in [2.05, 4.69) is 39.6 Å². The van der Waals surface area contributed by atoms with Crippen molar-refractivity contribution < 1.29 is 0 Å². The second-order valence-corrected chi connectivity index (χ2v) is 6.84. The first-order valence-electron chi connectivity index (χ1n) is 7.19. The quantitative estimate of drug-likeness (QED) is 0.625. The van der Waals surface area contributed by atoms with Crippen molar-refractivity contribution in [3.8, 4) is 0 Å². The lowest BCUT2D eigenvalue weighted by Crippen LogP contribution is -2.29. The molecule has 0 fully saturated rings. The fourth-order valence-electron chi connectivity index (χ4n) is 3.03. The Morgan fingerprint density at radius 3 is 2.76 bits per heavy atom. The Morgan fingerprint density at radius 2 is 1.95 bits per heavy atom. The third-order valence-electron chi connectivity index (χ3n) is 4.14. The Morgan fingerprint density at radius 1 is 1.14 bits per heavy atom. The predicted molar refractivity (Wildman–Crippen MR) is 91.4 cm³/mol. The second kappa shape index (κ2) is 6.49. The molecule has 1 atom stereocenters. The molecular weight excluding hydrogens is 348 g/mol. The minimum atomic E-state index is 0.0394. The minimum Gasteiger partial charge on any atom is -0.271 e. The summed E-state index contributed by atoms with van der Waals surface area (Å²) in [6, 6.07) is 12.6. The van der Waals surface area contributed by atoms with Gasteiger partial charge >= 0.3 is 0 Å². The number of hydrazine groups is 1. The highest BCUT2D eigenvalue weighted by molar-refractivity contribution is 9.10. The molecule has 0 aromatic heterocycles. The summed E-state index contributed by atoms with van der Waals surface area (Å²) in [5, 5.41) is 0.724. The van der Waals surface area contributed by atoms with Crippen molar-refractivity contribution in [2.45, 2.75) is 31.7 Å². The average Bonchev–Trinajstić information content (AvgIpc) is 2.95. The molecule has 0 saturated heterocycles. The first kappa shape index (κ1) is 15.0. The van der Waals surface area contributed by atoms with Crippen LogP contribution in [0.1, 0.15) is 34.7 Å². The SMILES string of the molecule is NNC(Cc1ccc2c(c1)CCC2)c1cc(Cl)ccc1Br. The van der Waals surface area contributed by atoms with Crippen LogP contribution in [0.5, 0.6) is 0 Å². The molecule has 1 aliphatic rings. The number of rotatable bonds is 4. The Kier molecular flexibility index (Phi) is 4.65. The van der Waals surface area contributed by atoms with E-state index in [1.807, 2.05) is 18.2 Å². The van der Waals surface area contributed by atoms with E-state index in [1.54, 1.807) is 0 Å². The van der Waals surface area contributed by atoms with Gasteiger partial charge in [-0.15, -0.1) is 0 Å². The Bertz CT molecular complexity index is 657. The van der Waals surface area contributed by atoms with Gasteiger partial charge in [-0.05, 0) is 66.1 Å². The van der Waals surface area contributed by atoms with E-state index in [9.17, 15) is 0 Å². The Hall–Kier alpha value is -0.870. The van der Waals surface area contributed by atoms with Gasteiger partial charge in [0.25, 0.3) is 0 Å². The first-order chi connectivity index (χ1) is 10.2. The maximum Gasteiger partial charge on any atom is 0.0511 e. The molecule has 3 N–H and O–H groups in total. The topological polar surface area (TPSA) is 38.0 Å². The molecule has 110 valence electrons. The molecule has 0 bridgehead atoms. The molecule has 4 heteroatoms. The Labute approximate surface area is 138 Å². The van der Waals surface area contributed by atoms with Crippen molar-refractivity contribution in [1.82, 2.24) is 5.43 Å². The lowest BCUT2D eigenvalue weighted by Gasteiger charge is -2.19. The largest absolute Gasteiger partial charge is 0.271 e. The zero-order chi connectivity index (χ0) is 14.8. The standard InChI is InChI=1S/C17H18BrClN2/c18-16-7-6-14(19)10-15(16)17(21-20)9-11-4-5-12-2-1-3-13(12)8-11/h4-8,10,17,21H,1-3,9,20H2. The van der Waals surface area contributed by atoms with Crippen molar-refractivity contribution >= 4 is 27.5 Å². The van der Waals surface area contributed by atoms with Crippen LogP contribution in [0.3, 0.4) is 0 Å². The molecule has 0 spiro atoms. The normalized spacial score (nSPS) is 15.0. The van der Waals surface area contributed by atoms with E-state index in [0.717, 1.165) is 21.5 Å². The van der Waals surface area contributed by atoms with Crippen LogP contribution in [0.2, 0.25) is 5.02 Å². The maximum absolute atomic E-state index is 6.11. The summed E-state index contributed by atoms with van der Waals surface area (Å²) in [6.07, 6.45) is 4.54. The molecule has 2 aromatic rings. The van der Waals surface area contributed by atoms with Gasteiger partial charge in [-0.25, -0.2) is 0 Å². The molecule has 3 rings (SSSR count). The van der Waals surface area contributed by atoms with Gasteiger partial charge in [0.1, 0.15) is 0 Å².